The molecule has 1 aromatic heterocycles. The van der Waals surface area contributed by atoms with Crippen molar-refractivity contribution >= 4 is 10.0 Å². The molecule has 6 nitrogen and oxygen atoms in total. The number of aromatic nitrogens is 2. The highest BCUT2D eigenvalue weighted by Gasteiger charge is 2.18. The first-order valence-electron chi connectivity index (χ1n) is 5.99. The van der Waals surface area contributed by atoms with E-state index in [1.54, 1.807) is 7.11 Å². The molecule has 0 spiro atoms. The zero-order chi connectivity index (χ0) is 13.8. The Morgan fingerprint density at radius 2 is 2.22 bits per heavy atom. The fourth-order valence-electron chi connectivity index (χ4n) is 1.76. The number of ether oxygens (including phenoxy) is 1. The Bertz CT molecular complexity index is 482. The number of aryl methyl sites for hydroxylation is 1. The third-order valence-electron chi connectivity index (χ3n) is 2.77. The van der Waals surface area contributed by atoms with E-state index in [-0.39, 0.29) is 11.1 Å². The minimum atomic E-state index is -3.74. The number of sulfonamides is 1. The standard InChI is InChI=1S/C11H21N3O3S/c1-4-5-10-13-11(18(12,15)16)8-14(10)9(2)6-7-17-3/h8-9H,4-7H2,1-3H3,(H2,12,15,16). The van der Waals surface area contributed by atoms with Crippen LogP contribution >= 0.6 is 0 Å². The molecule has 0 bridgehead atoms. The van der Waals surface area contributed by atoms with Crippen LogP contribution in [0.25, 0.3) is 0 Å². The molecule has 18 heavy (non-hydrogen) atoms. The van der Waals surface area contributed by atoms with E-state index in [4.69, 9.17) is 9.88 Å². The first-order chi connectivity index (χ1) is 8.40. The first kappa shape index (κ1) is 15.1. The Kier molecular flexibility index (Phi) is 5.30. The Balaban J connectivity index is 3.04. The van der Waals surface area contributed by atoms with Crippen LogP contribution < -0.4 is 5.14 Å². The lowest BCUT2D eigenvalue weighted by molar-refractivity contribution is 0.180. The number of hydrogen-bond donors (Lipinski definition) is 1. The molecule has 0 aliphatic carbocycles. The maximum absolute atomic E-state index is 11.3. The highest BCUT2D eigenvalue weighted by Crippen LogP contribution is 2.18. The molecule has 0 amide bonds. The van der Waals surface area contributed by atoms with E-state index in [2.05, 4.69) is 4.98 Å². The minimum Gasteiger partial charge on any atom is -0.385 e. The lowest BCUT2D eigenvalue weighted by atomic mass is 10.2. The summed E-state index contributed by atoms with van der Waals surface area (Å²) in [6.45, 7) is 4.65. The molecule has 104 valence electrons. The molecular formula is C11H21N3O3S. The van der Waals surface area contributed by atoms with Crippen LogP contribution in [0.15, 0.2) is 11.2 Å². The van der Waals surface area contributed by atoms with Crippen LogP contribution in [-0.4, -0.2) is 31.7 Å². The summed E-state index contributed by atoms with van der Waals surface area (Å²) in [7, 11) is -2.10. The van der Waals surface area contributed by atoms with Gasteiger partial charge in [-0.05, 0) is 19.8 Å². The van der Waals surface area contributed by atoms with Gasteiger partial charge in [0.05, 0.1) is 0 Å². The van der Waals surface area contributed by atoms with E-state index in [0.717, 1.165) is 25.1 Å². The Labute approximate surface area is 108 Å². The van der Waals surface area contributed by atoms with E-state index in [1.807, 2.05) is 18.4 Å². The molecular weight excluding hydrogens is 254 g/mol. The summed E-state index contributed by atoms with van der Waals surface area (Å²) in [6, 6.07) is 0.134. The summed E-state index contributed by atoms with van der Waals surface area (Å²) in [5.74, 6) is 0.755. The van der Waals surface area contributed by atoms with Crippen molar-refractivity contribution < 1.29 is 13.2 Å². The van der Waals surface area contributed by atoms with Crippen LogP contribution in [-0.2, 0) is 21.2 Å². The summed E-state index contributed by atoms with van der Waals surface area (Å²) in [5, 5.41) is 5.05. The number of rotatable bonds is 7. The van der Waals surface area contributed by atoms with E-state index in [1.165, 1.54) is 6.20 Å². The molecule has 0 fully saturated rings. The number of nitrogens with zero attached hydrogens (tertiary/aromatic N) is 2. The van der Waals surface area contributed by atoms with Gasteiger partial charge in [-0.15, -0.1) is 0 Å². The number of hydrogen-bond acceptors (Lipinski definition) is 4. The predicted octanol–water partition coefficient (Wildman–Crippen LogP) is 1.08. The van der Waals surface area contributed by atoms with Crippen molar-refractivity contribution in [3.8, 4) is 0 Å². The second-order valence-electron chi connectivity index (χ2n) is 4.33. The third kappa shape index (κ3) is 3.79. The molecule has 2 N–H and O–H groups in total. The van der Waals surface area contributed by atoms with Crippen molar-refractivity contribution in [2.45, 2.75) is 44.2 Å². The van der Waals surface area contributed by atoms with Crippen LogP contribution in [0, 0.1) is 0 Å². The Hall–Kier alpha value is -0.920. The quantitative estimate of drug-likeness (QED) is 0.806. The molecule has 1 aromatic rings. The molecule has 0 saturated carbocycles. The van der Waals surface area contributed by atoms with Crippen molar-refractivity contribution in [1.82, 2.24) is 9.55 Å². The van der Waals surface area contributed by atoms with Crippen LogP contribution in [0.1, 0.15) is 38.6 Å². The number of nitrogens with two attached hydrogens (primary N) is 1. The number of imidazole rings is 1. The van der Waals surface area contributed by atoms with Gasteiger partial charge < -0.3 is 9.30 Å². The SMILES string of the molecule is CCCc1nc(S(N)(=O)=O)cn1C(C)CCOC. The zero-order valence-corrected chi connectivity index (χ0v) is 11.9. The predicted molar refractivity (Wildman–Crippen MR) is 68.8 cm³/mol. The number of primary sulfonamides is 1. The highest BCUT2D eigenvalue weighted by molar-refractivity contribution is 7.89. The molecule has 0 aromatic carbocycles. The maximum Gasteiger partial charge on any atom is 0.257 e. The van der Waals surface area contributed by atoms with Gasteiger partial charge >= 0.3 is 0 Å². The van der Waals surface area contributed by atoms with Crippen molar-refractivity contribution in [2.75, 3.05) is 13.7 Å². The molecule has 1 rings (SSSR count). The summed E-state index contributed by atoms with van der Waals surface area (Å²) in [6.07, 6.45) is 3.94. The van der Waals surface area contributed by atoms with Crippen molar-refractivity contribution in [1.29, 1.82) is 0 Å². The van der Waals surface area contributed by atoms with Gasteiger partial charge in [0.25, 0.3) is 10.0 Å². The lowest BCUT2D eigenvalue weighted by Crippen LogP contribution is -2.12. The van der Waals surface area contributed by atoms with Gasteiger partial charge in [-0.25, -0.2) is 18.5 Å². The van der Waals surface area contributed by atoms with Crippen LogP contribution in [0.2, 0.25) is 0 Å². The van der Waals surface area contributed by atoms with E-state index < -0.39 is 10.0 Å². The normalized spacial score (nSPS) is 13.8. The second kappa shape index (κ2) is 6.31. The molecule has 0 aliphatic heterocycles. The number of methoxy groups -OCH3 is 1. The summed E-state index contributed by atoms with van der Waals surface area (Å²) in [4.78, 5) is 4.11. The van der Waals surface area contributed by atoms with Crippen molar-refractivity contribution in [2.24, 2.45) is 5.14 Å². The maximum atomic E-state index is 11.3. The molecule has 1 heterocycles. The Morgan fingerprint density at radius 1 is 1.56 bits per heavy atom. The van der Waals surface area contributed by atoms with E-state index in [9.17, 15) is 8.42 Å². The van der Waals surface area contributed by atoms with Gasteiger partial charge in [-0.3, -0.25) is 0 Å². The van der Waals surface area contributed by atoms with Gasteiger partial charge in [0.1, 0.15) is 5.82 Å². The first-order valence-corrected chi connectivity index (χ1v) is 7.54. The second-order valence-corrected chi connectivity index (χ2v) is 5.84. The minimum absolute atomic E-state index is 0.0600. The van der Waals surface area contributed by atoms with Gasteiger partial charge in [0.15, 0.2) is 5.03 Å². The van der Waals surface area contributed by atoms with Crippen LogP contribution in [0.3, 0.4) is 0 Å². The largest absolute Gasteiger partial charge is 0.385 e. The fraction of sp³-hybridized carbons (Fsp3) is 0.727. The smallest absolute Gasteiger partial charge is 0.257 e. The van der Waals surface area contributed by atoms with Gasteiger partial charge in [-0.2, -0.15) is 0 Å². The van der Waals surface area contributed by atoms with Gasteiger partial charge in [0.2, 0.25) is 0 Å². The molecule has 0 saturated heterocycles. The van der Waals surface area contributed by atoms with Crippen molar-refractivity contribution in [3.05, 3.63) is 12.0 Å². The molecule has 1 unspecified atom stereocenters. The average molecular weight is 275 g/mol. The molecule has 1 atom stereocenters. The van der Waals surface area contributed by atoms with E-state index in [0.29, 0.717) is 6.61 Å². The summed E-state index contributed by atoms with van der Waals surface area (Å²) in [5.41, 5.74) is 0. The molecule has 0 aliphatic rings. The fourth-order valence-corrected chi connectivity index (χ4v) is 2.26. The summed E-state index contributed by atoms with van der Waals surface area (Å²) < 4.78 is 29.5. The van der Waals surface area contributed by atoms with Crippen molar-refractivity contribution in [3.63, 3.8) is 0 Å². The topological polar surface area (TPSA) is 87.2 Å². The Morgan fingerprint density at radius 3 is 2.72 bits per heavy atom. The highest BCUT2D eigenvalue weighted by atomic mass is 32.2. The third-order valence-corrected chi connectivity index (χ3v) is 3.55. The average Bonchev–Trinajstić information content (AvgIpc) is 2.70. The van der Waals surface area contributed by atoms with Crippen LogP contribution in [0.4, 0.5) is 0 Å². The molecule has 0 radical (unpaired) electrons. The van der Waals surface area contributed by atoms with Crippen LogP contribution in [0.5, 0.6) is 0 Å². The van der Waals surface area contributed by atoms with Gasteiger partial charge in [0, 0.05) is 32.4 Å². The molecule has 7 heteroatoms. The lowest BCUT2D eigenvalue weighted by Gasteiger charge is -2.15. The summed E-state index contributed by atoms with van der Waals surface area (Å²) >= 11 is 0. The zero-order valence-electron chi connectivity index (χ0n) is 11.1. The monoisotopic (exact) mass is 275 g/mol. The van der Waals surface area contributed by atoms with E-state index >= 15 is 0 Å². The van der Waals surface area contributed by atoms with Gasteiger partial charge in [-0.1, -0.05) is 6.92 Å².